The van der Waals surface area contributed by atoms with Gasteiger partial charge in [-0.1, -0.05) is 61.5 Å². The van der Waals surface area contributed by atoms with Gasteiger partial charge in [0.1, 0.15) is 0 Å². The van der Waals surface area contributed by atoms with Crippen LogP contribution in [-0.4, -0.2) is 28.7 Å². The van der Waals surface area contributed by atoms with Crippen LogP contribution in [0.1, 0.15) is 68.6 Å². The molecule has 0 heterocycles. The fourth-order valence-electron chi connectivity index (χ4n) is 4.41. The van der Waals surface area contributed by atoms with Crippen molar-refractivity contribution in [2.75, 3.05) is 7.05 Å². The highest BCUT2D eigenvalue weighted by Crippen LogP contribution is 2.37. The standard InChI is InChI=1S/C25H33Cl2N.C2H3N/c1-3-23(28(2)18-20-7-5-4-6-8-20)15-11-19-9-12-21(13-10-19)22-14-16-24(26)25(27)17-22;1-2-3/h4-10,12-13,22-25H,3,11,14-18H2,1-2H3;1H3. The van der Waals surface area contributed by atoms with Crippen molar-refractivity contribution in [3.8, 4) is 6.07 Å². The highest BCUT2D eigenvalue weighted by atomic mass is 35.5. The lowest BCUT2D eigenvalue weighted by atomic mass is 9.83. The lowest BCUT2D eigenvalue weighted by Crippen LogP contribution is -2.31. The first-order valence-electron chi connectivity index (χ1n) is 11.4. The van der Waals surface area contributed by atoms with Crippen LogP contribution in [-0.2, 0) is 13.0 Å². The zero-order valence-electron chi connectivity index (χ0n) is 19.1. The number of halogens is 2. The number of alkyl halides is 2. The molecule has 1 aliphatic rings. The lowest BCUT2D eigenvalue weighted by molar-refractivity contribution is 0.216. The Balaban J connectivity index is 0.00000107. The zero-order valence-corrected chi connectivity index (χ0v) is 20.6. The van der Waals surface area contributed by atoms with Gasteiger partial charge in [0, 0.05) is 24.9 Å². The predicted molar refractivity (Wildman–Crippen MR) is 134 cm³/mol. The Labute approximate surface area is 199 Å². The van der Waals surface area contributed by atoms with Gasteiger partial charge in [-0.25, -0.2) is 0 Å². The van der Waals surface area contributed by atoms with Gasteiger partial charge in [-0.3, -0.25) is 4.90 Å². The molecule has 1 aliphatic carbocycles. The maximum absolute atomic E-state index is 7.32. The maximum atomic E-state index is 7.32. The molecule has 0 bridgehead atoms. The van der Waals surface area contributed by atoms with Crippen molar-refractivity contribution in [1.29, 1.82) is 5.26 Å². The summed E-state index contributed by atoms with van der Waals surface area (Å²) in [5.41, 5.74) is 4.24. The first-order chi connectivity index (χ1) is 15.0. The van der Waals surface area contributed by atoms with Gasteiger partial charge >= 0.3 is 0 Å². The van der Waals surface area contributed by atoms with E-state index in [0.29, 0.717) is 12.0 Å². The summed E-state index contributed by atoms with van der Waals surface area (Å²) in [6, 6.07) is 22.4. The second-order valence-corrected chi connectivity index (χ2v) is 9.63. The van der Waals surface area contributed by atoms with Gasteiger partial charge in [-0.15, -0.1) is 23.2 Å². The van der Waals surface area contributed by atoms with Gasteiger partial charge in [0.05, 0.1) is 11.4 Å². The van der Waals surface area contributed by atoms with Crippen LogP contribution in [0, 0.1) is 11.3 Å². The van der Waals surface area contributed by atoms with E-state index in [2.05, 4.69) is 73.5 Å². The molecule has 2 aromatic rings. The SMILES string of the molecule is CC#N.CCC(CCc1ccc(C2CCC(Cl)C(Cl)C2)cc1)N(C)Cc1ccccc1. The normalized spacial score (nSPS) is 21.6. The molecule has 0 N–H and O–H groups in total. The van der Waals surface area contributed by atoms with Crippen LogP contribution in [0.25, 0.3) is 0 Å². The Hall–Kier alpha value is -1.53. The van der Waals surface area contributed by atoms with Crippen molar-refractivity contribution in [3.63, 3.8) is 0 Å². The zero-order chi connectivity index (χ0) is 22.6. The van der Waals surface area contributed by atoms with E-state index < -0.39 is 0 Å². The molecular weight excluding hydrogens is 423 g/mol. The monoisotopic (exact) mass is 458 g/mol. The number of hydrogen-bond donors (Lipinski definition) is 0. The van der Waals surface area contributed by atoms with Gasteiger partial charge in [-0.2, -0.15) is 5.26 Å². The molecule has 0 radical (unpaired) electrons. The summed E-state index contributed by atoms with van der Waals surface area (Å²) < 4.78 is 0. The highest BCUT2D eigenvalue weighted by Gasteiger charge is 2.28. The smallest absolute Gasteiger partial charge is 0.0587 e. The highest BCUT2D eigenvalue weighted by molar-refractivity contribution is 6.30. The van der Waals surface area contributed by atoms with E-state index >= 15 is 0 Å². The van der Waals surface area contributed by atoms with Crippen molar-refractivity contribution in [1.82, 2.24) is 4.90 Å². The van der Waals surface area contributed by atoms with E-state index in [4.69, 9.17) is 28.5 Å². The second kappa shape index (κ2) is 13.8. The number of aryl methyl sites for hydroxylation is 1. The van der Waals surface area contributed by atoms with E-state index in [1.165, 1.54) is 36.5 Å². The van der Waals surface area contributed by atoms with Gasteiger partial charge in [0.25, 0.3) is 0 Å². The van der Waals surface area contributed by atoms with Crippen molar-refractivity contribution in [3.05, 3.63) is 71.3 Å². The molecule has 0 spiro atoms. The van der Waals surface area contributed by atoms with Crippen LogP contribution in [0.15, 0.2) is 54.6 Å². The topological polar surface area (TPSA) is 27.0 Å². The molecule has 168 valence electrons. The summed E-state index contributed by atoms with van der Waals surface area (Å²) in [5.74, 6) is 0.562. The number of rotatable bonds is 8. The molecule has 3 rings (SSSR count). The summed E-state index contributed by atoms with van der Waals surface area (Å²) >= 11 is 12.7. The van der Waals surface area contributed by atoms with Gasteiger partial charge in [0.2, 0.25) is 0 Å². The summed E-state index contributed by atoms with van der Waals surface area (Å²) in [7, 11) is 2.25. The molecule has 4 heteroatoms. The van der Waals surface area contributed by atoms with Crippen LogP contribution < -0.4 is 0 Å². The minimum absolute atomic E-state index is 0.102. The molecule has 4 unspecified atom stereocenters. The van der Waals surface area contributed by atoms with Crippen molar-refractivity contribution in [2.24, 2.45) is 0 Å². The van der Waals surface area contributed by atoms with Crippen LogP contribution in [0.2, 0.25) is 0 Å². The summed E-state index contributed by atoms with van der Waals surface area (Å²) in [6.45, 7) is 4.74. The average molecular weight is 460 g/mol. The van der Waals surface area contributed by atoms with Gasteiger partial charge in [0.15, 0.2) is 0 Å². The Bertz CT molecular complexity index is 785. The summed E-state index contributed by atoms with van der Waals surface area (Å²) in [5, 5.41) is 7.56. The summed E-state index contributed by atoms with van der Waals surface area (Å²) in [6.07, 6.45) is 6.68. The molecule has 0 saturated heterocycles. The molecular formula is C27H36Cl2N2. The molecule has 4 atom stereocenters. The van der Waals surface area contributed by atoms with E-state index in [0.717, 1.165) is 32.2 Å². The van der Waals surface area contributed by atoms with Crippen molar-refractivity contribution in [2.45, 2.75) is 81.6 Å². The molecule has 0 aromatic heterocycles. The van der Waals surface area contributed by atoms with Crippen LogP contribution in [0.4, 0.5) is 0 Å². The molecule has 1 fully saturated rings. The number of hydrogen-bond acceptors (Lipinski definition) is 2. The van der Waals surface area contributed by atoms with Crippen LogP contribution >= 0.6 is 23.2 Å². The van der Waals surface area contributed by atoms with Crippen LogP contribution in [0.5, 0.6) is 0 Å². The lowest BCUT2D eigenvalue weighted by Gasteiger charge is -2.29. The summed E-state index contributed by atoms with van der Waals surface area (Å²) in [4.78, 5) is 2.49. The Kier molecular flexibility index (Phi) is 11.4. The minimum Gasteiger partial charge on any atom is -0.299 e. The van der Waals surface area contributed by atoms with Crippen molar-refractivity contribution < 1.29 is 0 Å². The predicted octanol–water partition coefficient (Wildman–Crippen LogP) is 7.54. The Morgan fingerprint density at radius 1 is 1.00 bits per heavy atom. The van der Waals surface area contributed by atoms with E-state index in [1.54, 1.807) is 6.07 Å². The molecule has 2 nitrogen and oxygen atoms in total. The molecule has 0 amide bonds. The largest absolute Gasteiger partial charge is 0.299 e. The van der Waals surface area contributed by atoms with E-state index in [1.807, 2.05) is 0 Å². The number of benzene rings is 2. The minimum atomic E-state index is 0.102. The quantitative estimate of drug-likeness (QED) is 0.381. The molecule has 2 aromatic carbocycles. The number of nitrogens with zero attached hydrogens (tertiary/aromatic N) is 2. The molecule has 0 aliphatic heterocycles. The first kappa shape index (κ1) is 25.7. The Morgan fingerprint density at radius 3 is 2.23 bits per heavy atom. The van der Waals surface area contributed by atoms with Gasteiger partial charge < -0.3 is 0 Å². The third kappa shape index (κ3) is 8.49. The van der Waals surface area contributed by atoms with E-state index in [9.17, 15) is 0 Å². The molecule has 1 saturated carbocycles. The fraction of sp³-hybridized carbons (Fsp3) is 0.519. The third-order valence-electron chi connectivity index (χ3n) is 6.28. The maximum Gasteiger partial charge on any atom is 0.0587 e. The van der Waals surface area contributed by atoms with Crippen molar-refractivity contribution >= 4 is 23.2 Å². The molecule has 31 heavy (non-hydrogen) atoms. The first-order valence-corrected chi connectivity index (χ1v) is 12.3. The fourth-order valence-corrected chi connectivity index (χ4v) is 4.98. The average Bonchev–Trinajstić information content (AvgIpc) is 2.78. The van der Waals surface area contributed by atoms with E-state index in [-0.39, 0.29) is 10.8 Å². The van der Waals surface area contributed by atoms with Crippen LogP contribution in [0.3, 0.4) is 0 Å². The third-order valence-corrected chi connectivity index (χ3v) is 7.41. The second-order valence-electron chi connectivity index (χ2n) is 8.51. The Morgan fingerprint density at radius 2 is 1.65 bits per heavy atom. The van der Waals surface area contributed by atoms with Gasteiger partial charge in [-0.05, 0) is 68.2 Å². The number of nitriles is 1.